The molecule has 0 fully saturated rings. The summed E-state index contributed by atoms with van der Waals surface area (Å²) in [5.74, 6) is 0.0504. The highest BCUT2D eigenvalue weighted by atomic mass is 16.2. The van der Waals surface area contributed by atoms with Gasteiger partial charge in [0.05, 0.1) is 5.69 Å². The Hall–Kier alpha value is -2.27. The maximum Gasteiger partial charge on any atom is 0.244 e. The second-order valence-corrected chi connectivity index (χ2v) is 5.86. The van der Waals surface area contributed by atoms with Crippen molar-refractivity contribution in [3.05, 3.63) is 58.7 Å². The third-order valence-corrected chi connectivity index (χ3v) is 4.15. The second kappa shape index (κ2) is 5.85. The molecule has 0 radical (unpaired) electrons. The first kappa shape index (κ1) is 14.7. The first-order chi connectivity index (χ1) is 10.6. The Kier molecular flexibility index (Phi) is 3.90. The minimum Gasteiger partial charge on any atom is -0.340 e. The molecule has 0 saturated carbocycles. The summed E-state index contributed by atoms with van der Waals surface area (Å²) in [5, 5.41) is 3.22. The van der Waals surface area contributed by atoms with E-state index in [1.54, 1.807) is 11.1 Å². The van der Waals surface area contributed by atoms with E-state index < -0.39 is 0 Å². The van der Waals surface area contributed by atoms with E-state index in [2.05, 4.69) is 47.3 Å². The molecule has 1 amide bonds. The lowest BCUT2D eigenvalue weighted by atomic mass is 10.0. The second-order valence-electron chi connectivity index (χ2n) is 5.86. The highest BCUT2D eigenvalue weighted by Crippen LogP contribution is 2.24. The van der Waals surface area contributed by atoms with Crippen molar-refractivity contribution in [1.82, 2.24) is 20.2 Å². The highest BCUT2D eigenvalue weighted by molar-refractivity contribution is 5.84. The number of carbonyl (C=O) groups is 1. The number of aromatic nitrogens is 2. The van der Waals surface area contributed by atoms with Crippen LogP contribution in [-0.2, 0) is 17.9 Å². The molecule has 1 aliphatic heterocycles. The molecule has 5 heteroatoms. The summed E-state index contributed by atoms with van der Waals surface area (Å²) >= 11 is 0. The number of likely N-dealkylation sites (N-methyl/N-ethyl adjacent to an activating group) is 1. The molecular formula is C17H20N4O. The fraction of sp³-hybridized carbons (Fsp3) is 0.353. The summed E-state index contributed by atoms with van der Waals surface area (Å²) in [5.41, 5.74) is 5.39. The molecule has 1 N–H and O–H groups in total. The van der Waals surface area contributed by atoms with E-state index in [1.807, 2.05) is 7.05 Å². The monoisotopic (exact) mass is 296 g/mol. The average molecular weight is 296 g/mol. The molecule has 0 aliphatic carbocycles. The van der Waals surface area contributed by atoms with Crippen molar-refractivity contribution < 1.29 is 4.79 Å². The lowest BCUT2D eigenvalue weighted by Crippen LogP contribution is -2.35. The number of hydrogen-bond donors (Lipinski definition) is 1. The minimum atomic E-state index is -0.341. The summed E-state index contributed by atoms with van der Waals surface area (Å²) in [6.45, 7) is 5.36. The third-order valence-electron chi connectivity index (χ3n) is 4.15. The van der Waals surface area contributed by atoms with Gasteiger partial charge in [-0.05, 0) is 25.0 Å². The Balaban J connectivity index is 1.77. The zero-order valence-electron chi connectivity index (χ0n) is 13.1. The maximum atomic E-state index is 12.7. The van der Waals surface area contributed by atoms with Gasteiger partial charge in [-0.3, -0.25) is 10.1 Å². The van der Waals surface area contributed by atoms with Gasteiger partial charge >= 0.3 is 0 Å². The summed E-state index contributed by atoms with van der Waals surface area (Å²) < 4.78 is 0. The zero-order valence-corrected chi connectivity index (χ0v) is 13.1. The van der Waals surface area contributed by atoms with Crippen LogP contribution in [0.4, 0.5) is 0 Å². The van der Waals surface area contributed by atoms with E-state index in [-0.39, 0.29) is 11.9 Å². The van der Waals surface area contributed by atoms with Crippen LogP contribution in [0.5, 0.6) is 0 Å². The Bertz CT molecular complexity index is 714. The molecule has 0 saturated heterocycles. The first-order valence-electron chi connectivity index (χ1n) is 7.39. The van der Waals surface area contributed by atoms with E-state index in [4.69, 9.17) is 0 Å². The predicted molar refractivity (Wildman–Crippen MR) is 84.0 cm³/mol. The van der Waals surface area contributed by atoms with Crippen LogP contribution in [0.25, 0.3) is 0 Å². The molecule has 1 unspecified atom stereocenters. The Labute approximate surface area is 130 Å². The summed E-state index contributed by atoms with van der Waals surface area (Å²) in [4.78, 5) is 22.7. The quantitative estimate of drug-likeness (QED) is 0.940. The molecule has 2 heterocycles. The Morgan fingerprint density at radius 1 is 1.41 bits per heavy atom. The van der Waals surface area contributed by atoms with Gasteiger partial charge in [-0.2, -0.15) is 0 Å². The molecule has 22 heavy (non-hydrogen) atoms. The Morgan fingerprint density at radius 2 is 2.23 bits per heavy atom. The number of rotatable bonds is 3. The van der Waals surface area contributed by atoms with Gasteiger partial charge < -0.3 is 4.90 Å². The van der Waals surface area contributed by atoms with Gasteiger partial charge in [0.25, 0.3) is 0 Å². The van der Waals surface area contributed by atoms with E-state index in [0.717, 1.165) is 11.3 Å². The van der Waals surface area contributed by atoms with Gasteiger partial charge in [0, 0.05) is 31.9 Å². The van der Waals surface area contributed by atoms with Crippen LogP contribution in [0.1, 0.15) is 34.0 Å². The molecule has 0 bridgehead atoms. The maximum absolute atomic E-state index is 12.7. The van der Waals surface area contributed by atoms with Gasteiger partial charge in [-0.15, -0.1) is 0 Å². The topological polar surface area (TPSA) is 58.1 Å². The minimum absolute atomic E-state index is 0.0504. The van der Waals surface area contributed by atoms with Crippen LogP contribution in [0, 0.1) is 13.8 Å². The number of carbonyl (C=O) groups excluding carboxylic acids is 1. The zero-order chi connectivity index (χ0) is 15.7. The molecule has 5 nitrogen and oxygen atoms in total. The number of benzene rings is 1. The van der Waals surface area contributed by atoms with Gasteiger partial charge in [0.2, 0.25) is 5.91 Å². The van der Waals surface area contributed by atoms with Crippen molar-refractivity contribution in [3.8, 4) is 0 Å². The van der Waals surface area contributed by atoms with Crippen LogP contribution in [0.15, 0.2) is 30.7 Å². The highest BCUT2D eigenvalue weighted by Gasteiger charge is 2.31. The molecule has 1 aromatic carbocycles. The molecule has 114 valence electrons. The molecule has 3 rings (SSSR count). The average Bonchev–Trinajstić information content (AvgIpc) is 2.94. The number of nitrogens with zero attached hydrogens (tertiary/aromatic N) is 3. The van der Waals surface area contributed by atoms with Gasteiger partial charge in [0.1, 0.15) is 12.4 Å². The molecule has 1 aromatic heterocycles. The predicted octanol–water partition coefficient (Wildman–Crippen LogP) is 1.90. The summed E-state index contributed by atoms with van der Waals surface area (Å²) in [6.07, 6.45) is 3.25. The van der Waals surface area contributed by atoms with Crippen LogP contribution in [-0.4, -0.2) is 27.8 Å². The number of fused-ring (bicyclic) bond motifs is 1. The fourth-order valence-corrected chi connectivity index (χ4v) is 2.81. The van der Waals surface area contributed by atoms with Crippen molar-refractivity contribution in [2.24, 2.45) is 0 Å². The van der Waals surface area contributed by atoms with Gasteiger partial charge in [-0.25, -0.2) is 9.97 Å². The molecular weight excluding hydrogens is 276 g/mol. The van der Waals surface area contributed by atoms with E-state index in [9.17, 15) is 4.79 Å². The standard InChI is InChI=1S/C17H20N4O/c1-11-4-5-12(2)13(6-11)9-21(3)17(22)16-14-7-18-10-20-15(14)8-19-16/h4-7,10,16,19H,8-9H2,1-3H3. The summed E-state index contributed by atoms with van der Waals surface area (Å²) in [6, 6.07) is 5.98. The van der Waals surface area contributed by atoms with Crippen molar-refractivity contribution in [1.29, 1.82) is 0 Å². The van der Waals surface area contributed by atoms with Crippen molar-refractivity contribution in [2.75, 3.05) is 7.05 Å². The van der Waals surface area contributed by atoms with Crippen molar-refractivity contribution in [2.45, 2.75) is 33.0 Å². The smallest absolute Gasteiger partial charge is 0.244 e. The number of aryl methyl sites for hydroxylation is 2. The largest absolute Gasteiger partial charge is 0.340 e. The number of nitrogens with one attached hydrogen (secondary N) is 1. The van der Waals surface area contributed by atoms with Gasteiger partial charge in [0.15, 0.2) is 0 Å². The Morgan fingerprint density at radius 3 is 3.05 bits per heavy atom. The van der Waals surface area contributed by atoms with E-state index in [1.165, 1.54) is 23.0 Å². The lowest BCUT2D eigenvalue weighted by molar-refractivity contribution is -0.132. The van der Waals surface area contributed by atoms with Crippen LogP contribution >= 0.6 is 0 Å². The SMILES string of the molecule is Cc1ccc(C)c(CN(C)C(=O)C2NCc3ncncc32)c1. The number of hydrogen-bond acceptors (Lipinski definition) is 4. The lowest BCUT2D eigenvalue weighted by Gasteiger charge is -2.22. The first-order valence-corrected chi connectivity index (χ1v) is 7.39. The van der Waals surface area contributed by atoms with E-state index >= 15 is 0 Å². The molecule has 2 aromatic rings. The molecule has 1 atom stereocenters. The van der Waals surface area contributed by atoms with Gasteiger partial charge in [-0.1, -0.05) is 23.8 Å². The van der Waals surface area contributed by atoms with Crippen LogP contribution < -0.4 is 5.32 Å². The summed E-state index contributed by atoms with van der Waals surface area (Å²) in [7, 11) is 1.84. The van der Waals surface area contributed by atoms with Crippen molar-refractivity contribution in [3.63, 3.8) is 0 Å². The molecule has 0 spiro atoms. The fourth-order valence-electron chi connectivity index (χ4n) is 2.81. The van der Waals surface area contributed by atoms with Crippen molar-refractivity contribution >= 4 is 5.91 Å². The normalized spacial score (nSPS) is 16.4. The molecule has 1 aliphatic rings. The van der Waals surface area contributed by atoms with Crippen LogP contribution in [0.2, 0.25) is 0 Å². The van der Waals surface area contributed by atoms with E-state index in [0.29, 0.717) is 13.1 Å². The van der Waals surface area contributed by atoms with Crippen LogP contribution in [0.3, 0.4) is 0 Å². The number of amides is 1. The third kappa shape index (κ3) is 2.72.